The van der Waals surface area contributed by atoms with Gasteiger partial charge in [0.25, 0.3) is 0 Å². The highest BCUT2D eigenvalue weighted by molar-refractivity contribution is 5.68. The topological polar surface area (TPSA) is 26.3 Å². The molecule has 0 spiro atoms. The lowest BCUT2D eigenvalue weighted by Gasteiger charge is -1.95. The van der Waals surface area contributed by atoms with Crippen LogP contribution in [0.5, 0.6) is 0 Å². The van der Waals surface area contributed by atoms with Crippen LogP contribution in [-0.4, -0.2) is 13.1 Å². The number of rotatable bonds is 4. The zero-order chi connectivity index (χ0) is 9.82. The molecule has 0 amide bonds. The van der Waals surface area contributed by atoms with Gasteiger partial charge in [-0.15, -0.1) is 0 Å². The average Bonchev–Trinajstić information content (AvgIpc) is 2.06. The Hall–Kier alpha value is -0.530. The molecule has 2 heteroatoms. The maximum absolute atomic E-state index is 10.5. The van der Waals surface area contributed by atoms with Gasteiger partial charge in [-0.25, -0.2) is 0 Å². The molecule has 0 radical (unpaired) electrons. The first-order chi connectivity index (χ1) is 5.72. The van der Waals surface area contributed by atoms with Gasteiger partial charge in [-0.3, -0.25) is 4.79 Å². The third-order valence-corrected chi connectivity index (χ3v) is 1.21. The van der Waals surface area contributed by atoms with E-state index in [9.17, 15) is 4.79 Å². The quantitative estimate of drug-likeness (QED) is 0.483. The molecule has 0 aromatic carbocycles. The van der Waals surface area contributed by atoms with Gasteiger partial charge in [0.1, 0.15) is 0 Å². The van der Waals surface area contributed by atoms with Gasteiger partial charge < -0.3 is 4.74 Å². The van der Waals surface area contributed by atoms with Crippen LogP contribution in [0.1, 0.15) is 52.9 Å². The first-order valence-corrected chi connectivity index (χ1v) is 4.79. The average molecular weight is 174 g/mol. The summed E-state index contributed by atoms with van der Waals surface area (Å²) >= 11 is 0. The third-order valence-electron chi connectivity index (χ3n) is 1.21. The Morgan fingerprint density at radius 1 is 1.17 bits per heavy atom. The van der Waals surface area contributed by atoms with Crippen LogP contribution >= 0.6 is 0 Å². The van der Waals surface area contributed by atoms with Crippen molar-refractivity contribution < 1.29 is 9.53 Å². The number of hydrogen-bond acceptors (Lipinski definition) is 2. The lowest BCUT2D eigenvalue weighted by Crippen LogP contribution is -1.98. The van der Waals surface area contributed by atoms with Crippen molar-refractivity contribution in [2.24, 2.45) is 0 Å². The lowest BCUT2D eigenvalue weighted by atomic mass is 10.2. The molecule has 0 aromatic heterocycles. The molecule has 12 heavy (non-hydrogen) atoms. The van der Waals surface area contributed by atoms with E-state index in [0.29, 0.717) is 6.42 Å². The van der Waals surface area contributed by atoms with Crippen molar-refractivity contribution in [2.75, 3.05) is 7.11 Å². The van der Waals surface area contributed by atoms with Crippen LogP contribution in [0.4, 0.5) is 0 Å². The van der Waals surface area contributed by atoms with Crippen LogP contribution in [0.3, 0.4) is 0 Å². The summed E-state index contributed by atoms with van der Waals surface area (Å²) in [5.74, 6) is -0.0940. The number of carbonyl (C=O) groups excluding carboxylic acids is 1. The molecule has 0 unspecified atom stereocenters. The van der Waals surface area contributed by atoms with E-state index in [-0.39, 0.29) is 5.97 Å². The van der Waals surface area contributed by atoms with E-state index < -0.39 is 0 Å². The summed E-state index contributed by atoms with van der Waals surface area (Å²) in [6, 6.07) is 0. The second-order valence-electron chi connectivity index (χ2n) is 2.74. The first kappa shape index (κ1) is 14.0. The van der Waals surface area contributed by atoms with Crippen molar-refractivity contribution in [3.8, 4) is 0 Å². The molecule has 2 nitrogen and oxygen atoms in total. The molecular formula is C10H22O2. The minimum atomic E-state index is -0.0940. The zero-order valence-electron chi connectivity index (χ0n) is 8.85. The zero-order valence-corrected chi connectivity index (χ0v) is 8.85. The van der Waals surface area contributed by atoms with Gasteiger partial charge in [-0.1, -0.05) is 40.0 Å². The Morgan fingerprint density at radius 3 is 2.00 bits per heavy atom. The Balaban J connectivity index is 0. The van der Waals surface area contributed by atoms with Gasteiger partial charge in [0, 0.05) is 6.42 Å². The lowest BCUT2D eigenvalue weighted by molar-refractivity contribution is -0.140. The van der Waals surface area contributed by atoms with Crippen molar-refractivity contribution in [2.45, 2.75) is 52.9 Å². The predicted octanol–water partition coefficient (Wildman–Crippen LogP) is 3.16. The molecule has 0 aliphatic carbocycles. The monoisotopic (exact) mass is 174 g/mol. The SMILES string of the molecule is CCC.CCCCCC(=O)OC. The summed E-state index contributed by atoms with van der Waals surface area (Å²) in [4.78, 5) is 10.5. The Morgan fingerprint density at radius 2 is 1.67 bits per heavy atom. The Labute approximate surface area is 76.3 Å². The van der Waals surface area contributed by atoms with E-state index >= 15 is 0 Å². The smallest absolute Gasteiger partial charge is 0.305 e. The van der Waals surface area contributed by atoms with E-state index in [1.54, 1.807) is 0 Å². The van der Waals surface area contributed by atoms with Crippen LogP contribution in [-0.2, 0) is 9.53 Å². The fourth-order valence-electron chi connectivity index (χ4n) is 0.621. The van der Waals surface area contributed by atoms with Gasteiger partial charge >= 0.3 is 5.97 Å². The standard InChI is InChI=1S/C7H14O2.C3H8/c1-3-4-5-6-7(8)9-2;1-3-2/h3-6H2,1-2H3;3H2,1-2H3. The van der Waals surface area contributed by atoms with E-state index in [4.69, 9.17) is 0 Å². The number of unbranched alkanes of at least 4 members (excludes halogenated alkanes) is 2. The predicted molar refractivity (Wildman–Crippen MR) is 52.1 cm³/mol. The normalized spacial score (nSPS) is 8.33. The van der Waals surface area contributed by atoms with Crippen molar-refractivity contribution in [1.82, 2.24) is 0 Å². The van der Waals surface area contributed by atoms with Crippen LogP contribution in [0.25, 0.3) is 0 Å². The van der Waals surface area contributed by atoms with Crippen molar-refractivity contribution in [3.63, 3.8) is 0 Å². The number of methoxy groups -OCH3 is 1. The van der Waals surface area contributed by atoms with Crippen molar-refractivity contribution in [3.05, 3.63) is 0 Å². The molecule has 74 valence electrons. The summed E-state index contributed by atoms with van der Waals surface area (Å²) in [6.07, 6.45) is 5.06. The second kappa shape index (κ2) is 13.1. The molecule has 0 bridgehead atoms. The van der Waals surface area contributed by atoms with Gasteiger partial charge in [0.05, 0.1) is 7.11 Å². The van der Waals surface area contributed by atoms with E-state index in [1.807, 2.05) is 0 Å². The number of esters is 1. The Kier molecular flexibility index (Phi) is 15.3. The molecule has 0 N–H and O–H groups in total. The first-order valence-electron chi connectivity index (χ1n) is 4.79. The minimum absolute atomic E-state index is 0.0940. The summed E-state index contributed by atoms with van der Waals surface area (Å²) < 4.78 is 4.46. The molecule has 0 heterocycles. The van der Waals surface area contributed by atoms with Gasteiger partial charge in [-0.2, -0.15) is 0 Å². The summed E-state index contributed by atoms with van der Waals surface area (Å²) in [5.41, 5.74) is 0. The van der Waals surface area contributed by atoms with E-state index in [0.717, 1.165) is 19.3 Å². The van der Waals surface area contributed by atoms with Gasteiger partial charge in [-0.05, 0) is 6.42 Å². The van der Waals surface area contributed by atoms with Crippen LogP contribution in [0.2, 0.25) is 0 Å². The highest BCUT2D eigenvalue weighted by atomic mass is 16.5. The summed E-state index contributed by atoms with van der Waals surface area (Å²) in [7, 11) is 1.42. The Bertz CT molecular complexity index is 89.8. The van der Waals surface area contributed by atoms with Crippen LogP contribution < -0.4 is 0 Å². The number of hydrogen-bond donors (Lipinski definition) is 0. The summed E-state index contributed by atoms with van der Waals surface area (Å²) in [5, 5.41) is 0. The molecule has 0 saturated carbocycles. The number of carbonyl (C=O) groups is 1. The molecular weight excluding hydrogens is 152 g/mol. The second-order valence-corrected chi connectivity index (χ2v) is 2.74. The van der Waals surface area contributed by atoms with Gasteiger partial charge in [0.2, 0.25) is 0 Å². The van der Waals surface area contributed by atoms with Crippen LogP contribution in [0.15, 0.2) is 0 Å². The molecule has 0 aliphatic heterocycles. The maximum atomic E-state index is 10.5. The molecule has 0 aliphatic rings. The maximum Gasteiger partial charge on any atom is 0.305 e. The molecule has 0 aromatic rings. The van der Waals surface area contributed by atoms with Crippen molar-refractivity contribution in [1.29, 1.82) is 0 Å². The third kappa shape index (κ3) is 16.2. The fourth-order valence-corrected chi connectivity index (χ4v) is 0.621. The largest absolute Gasteiger partial charge is 0.469 e. The molecule has 0 saturated heterocycles. The molecule has 0 fully saturated rings. The van der Waals surface area contributed by atoms with E-state index in [2.05, 4.69) is 25.5 Å². The molecule has 0 atom stereocenters. The highest BCUT2D eigenvalue weighted by Crippen LogP contribution is 1.98. The van der Waals surface area contributed by atoms with Gasteiger partial charge in [0.15, 0.2) is 0 Å². The number of ether oxygens (including phenoxy) is 1. The molecule has 0 rings (SSSR count). The van der Waals surface area contributed by atoms with E-state index in [1.165, 1.54) is 13.5 Å². The summed E-state index contributed by atoms with van der Waals surface area (Å²) in [6.45, 7) is 6.36. The van der Waals surface area contributed by atoms with Crippen LogP contribution in [0, 0.1) is 0 Å². The fraction of sp³-hybridized carbons (Fsp3) is 0.900. The highest BCUT2D eigenvalue weighted by Gasteiger charge is 1.96. The van der Waals surface area contributed by atoms with Crippen molar-refractivity contribution >= 4 is 5.97 Å². The minimum Gasteiger partial charge on any atom is -0.469 e.